The molecule has 0 aliphatic rings. The van der Waals surface area contributed by atoms with Gasteiger partial charge in [0.1, 0.15) is 5.75 Å². The van der Waals surface area contributed by atoms with Crippen molar-refractivity contribution in [2.24, 2.45) is 5.41 Å². The maximum atomic E-state index is 10.4. The molecule has 0 bridgehead atoms. The van der Waals surface area contributed by atoms with E-state index in [1.54, 1.807) is 7.11 Å². The highest BCUT2D eigenvalue weighted by Crippen LogP contribution is 2.22. The van der Waals surface area contributed by atoms with Crippen LogP contribution in [0.15, 0.2) is 24.3 Å². The maximum Gasteiger partial charge on any atom is 0.119 e. The third-order valence-electron chi connectivity index (χ3n) is 3.15. The van der Waals surface area contributed by atoms with Crippen molar-refractivity contribution in [2.75, 3.05) is 26.7 Å². The first-order valence-corrected chi connectivity index (χ1v) is 7.27. The standard InChI is InChI=1S/C17H26N2O2/c1-17(2,3)13-19(10-6-9-18)12-16(20)14-7-5-8-15(11-14)21-4/h5,7-8,11,16,20H,6,10,12-13H2,1-4H3. The fraction of sp³-hybridized carbons (Fsp3) is 0.588. The second-order valence-electron chi connectivity index (χ2n) is 6.50. The number of methoxy groups -OCH3 is 1. The third-order valence-corrected chi connectivity index (χ3v) is 3.15. The highest BCUT2D eigenvalue weighted by molar-refractivity contribution is 5.29. The predicted molar refractivity (Wildman–Crippen MR) is 84.1 cm³/mol. The molecule has 116 valence electrons. The van der Waals surface area contributed by atoms with Gasteiger partial charge in [-0.1, -0.05) is 32.9 Å². The normalized spacial score (nSPS) is 13.0. The van der Waals surface area contributed by atoms with Crippen molar-refractivity contribution in [1.82, 2.24) is 4.90 Å². The summed E-state index contributed by atoms with van der Waals surface area (Å²) in [5.41, 5.74) is 0.967. The molecule has 0 fully saturated rings. The van der Waals surface area contributed by atoms with Gasteiger partial charge in [0.2, 0.25) is 0 Å². The molecule has 4 nitrogen and oxygen atoms in total. The molecule has 0 aliphatic heterocycles. The Bertz CT molecular complexity index is 474. The fourth-order valence-electron chi connectivity index (χ4n) is 2.31. The zero-order chi connectivity index (χ0) is 15.9. The Morgan fingerprint density at radius 3 is 2.67 bits per heavy atom. The van der Waals surface area contributed by atoms with E-state index in [2.05, 4.69) is 31.7 Å². The van der Waals surface area contributed by atoms with Crippen molar-refractivity contribution < 1.29 is 9.84 Å². The van der Waals surface area contributed by atoms with Gasteiger partial charge in [0.25, 0.3) is 0 Å². The number of aliphatic hydroxyl groups is 1. The molecule has 0 aromatic heterocycles. The Morgan fingerprint density at radius 2 is 2.10 bits per heavy atom. The lowest BCUT2D eigenvalue weighted by molar-refractivity contribution is 0.0930. The number of hydrogen-bond donors (Lipinski definition) is 1. The minimum atomic E-state index is -0.582. The summed E-state index contributed by atoms with van der Waals surface area (Å²) < 4.78 is 5.19. The first kappa shape index (κ1) is 17.5. The van der Waals surface area contributed by atoms with Crippen LogP contribution in [-0.4, -0.2) is 36.8 Å². The Labute approximate surface area is 128 Å². The van der Waals surface area contributed by atoms with Crippen LogP contribution in [0.3, 0.4) is 0 Å². The molecule has 0 spiro atoms. The summed E-state index contributed by atoms with van der Waals surface area (Å²) in [5.74, 6) is 0.742. The van der Waals surface area contributed by atoms with Gasteiger partial charge in [-0.3, -0.25) is 4.90 Å². The van der Waals surface area contributed by atoms with Gasteiger partial charge in [-0.25, -0.2) is 0 Å². The van der Waals surface area contributed by atoms with Crippen LogP contribution in [0.1, 0.15) is 38.9 Å². The molecule has 0 amide bonds. The van der Waals surface area contributed by atoms with E-state index in [0.29, 0.717) is 19.5 Å². The van der Waals surface area contributed by atoms with Gasteiger partial charge < -0.3 is 9.84 Å². The van der Waals surface area contributed by atoms with Crippen LogP contribution in [0, 0.1) is 16.7 Å². The Morgan fingerprint density at radius 1 is 1.38 bits per heavy atom. The predicted octanol–water partition coefficient (Wildman–Crippen LogP) is 2.99. The molecule has 1 aromatic rings. The number of aliphatic hydroxyl groups excluding tert-OH is 1. The highest BCUT2D eigenvalue weighted by atomic mass is 16.5. The lowest BCUT2D eigenvalue weighted by atomic mass is 9.95. The molecule has 0 radical (unpaired) electrons. The zero-order valence-electron chi connectivity index (χ0n) is 13.5. The molecule has 0 heterocycles. The lowest BCUT2D eigenvalue weighted by Gasteiger charge is -2.31. The largest absolute Gasteiger partial charge is 0.497 e. The van der Waals surface area contributed by atoms with Crippen LogP contribution in [-0.2, 0) is 0 Å². The molecule has 4 heteroatoms. The van der Waals surface area contributed by atoms with Gasteiger partial charge in [-0.15, -0.1) is 0 Å². The average molecular weight is 290 g/mol. The molecule has 1 atom stereocenters. The van der Waals surface area contributed by atoms with Gasteiger partial charge in [-0.05, 0) is 23.1 Å². The molecule has 1 N–H and O–H groups in total. The van der Waals surface area contributed by atoms with Crippen molar-refractivity contribution in [2.45, 2.75) is 33.3 Å². The Kier molecular flexibility index (Phi) is 6.67. The quantitative estimate of drug-likeness (QED) is 0.838. The highest BCUT2D eigenvalue weighted by Gasteiger charge is 2.19. The molecule has 1 unspecified atom stereocenters. The van der Waals surface area contributed by atoms with Gasteiger partial charge in [-0.2, -0.15) is 5.26 Å². The summed E-state index contributed by atoms with van der Waals surface area (Å²) >= 11 is 0. The number of nitriles is 1. The van der Waals surface area contributed by atoms with Crippen LogP contribution >= 0.6 is 0 Å². The smallest absolute Gasteiger partial charge is 0.119 e. The Hall–Kier alpha value is -1.57. The third kappa shape index (κ3) is 6.61. The summed E-state index contributed by atoms with van der Waals surface area (Å²) in [6, 6.07) is 9.65. The zero-order valence-corrected chi connectivity index (χ0v) is 13.5. The van der Waals surface area contributed by atoms with Gasteiger partial charge in [0, 0.05) is 26.1 Å². The van der Waals surface area contributed by atoms with E-state index in [0.717, 1.165) is 17.9 Å². The number of hydrogen-bond acceptors (Lipinski definition) is 4. The minimum Gasteiger partial charge on any atom is -0.497 e. The van der Waals surface area contributed by atoms with Crippen LogP contribution in [0.25, 0.3) is 0 Å². The lowest BCUT2D eigenvalue weighted by Crippen LogP contribution is -2.36. The number of nitrogens with zero attached hydrogens (tertiary/aromatic N) is 2. The van der Waals surface area contributed by atoms with E-state index in [4.69, 9.17) is 10.00 Å². The van der Waals surface area contributed by atoms with Crippen molar-refractivity contribution in [1.29, 1.82) is 5.26 Å². The minimum absolute atomic E-state index is 0.129. The fourth-order valence-corrected chi connectivity index (χ4v) is 2.31. The molecule has 0 saturated heterocycles. The topological polar surface area (TPSA) is 56.5 Å². The van der Waals surface area contributed by atoms with E-state index < -0.39 is 6.10 Å². The number of benzene rings is 1. The van der Waals surface area contributed by atoms with E-state index in [9.17, 15) is 5.11 Å². The van der Waals surface area contributed by atoms with E-state index in [1.807, 2.05) is 24.3 Å². The molecular formula is C17H26N2O2. The monoisotopic (exact) mass is 290 g/mol. The van der Waals surface area contributed by atoms with Gasteiger partial charge in [0.05, 0.1) is 19.3 Å². The van der Waals surface area contributed by atoms with E-state index in [1.165, 1.54) is 0 Å². The molecule has 0 aliphatic carbocycles. The van der Waals surface area contributed by atoms with Crippen molar-refractivity contribution in [3.8, 4) is 11.8 Å². The SMILES string of the molecule is COc1cccc(C(O)CN(CCC#N)CC(C)(C)C)c1. The average Bonchev–Trinajstić information content (AvgIpc) is 2.43. The summed E-state index contributed by atoms with van der Waals surface area (Å²) in [4.78, 5) is 2.15. The molecular weight excluding hydrogens is 264 g/mol. The van der Waals surface area contributed by atoms with Gasteiger partial charge in [0.15, 0.2) is 0 Å². The van der Waals surface area contributed by atoms with E-state index in [-0.39, 0.29) is 5.41 Å². The summed E-state index contributed by atoms with van der Waals surface area (Å²) in [7, 11) is 1.62. The molecule has 1 rings (SSSR count). The Balaban J connectivity index is 2.74. The summed E-state index contributed by atoms with van der Waals surface area (Å²) in [6.45, 7) is 8.51. The number of ether oxygens (including phenoxy) is 1. The maximum absolute atomic E-state index is 10.4. The van der Waals surface area contributed by atoms with Crippen LogP contribution in [0.4, 0.5) is 0 Å². The molecule has 0 saturated carbocycles. The van der Waals surface area contributed by atoms with Crippen molar-refractivity contribution in [3.05, 3.63) is 29.8 Å². The first-order valence-electron chi connectivity index (χ1n) is 7.27. The van der Waals surface area contributed by atoms with Crippen molar-refractivity contribution >= 4 is 0 Å². The molecule has 1 aromatic carbocycles. The summed E-state index contributed by atoms with van der Waals surface area (Å²) in [5, 5.41) is 19.2. The second-order valence-corrected chi connectivity index (χ2v) is 6.50. The number of rotatable bonds is 7. The second kappa shape index (κ2) is 8.02. The summed E-state index contributed by atoms with van der Waals surface area (Å²) in [6.07, 6.45) is -0.109. The van der Waals surface area contributed by atoms with Gasteiger partial charge >= 0.3 is 0 Å². The van der Waals surface area contributed by atoms with Crippen LogP contribution < -0.4 is 4.74 Å². The van der Waals surface area contributed by atoms with Crippen LogP contribution in [0.2, 0.25) is 0 Å². The van der Waals surface area contributed by atoms with E-state index >= 15 is 0 Å². The van der Waals surface area contributed by atoms with Crippen LogP contribution in [0.5, 0.6) is 5.75 Å². The first-order chi connectivity index (χ1) is 9.85. The molecule has 21 heavy (non-hydrogen) atoms. The van der Waals surface area contributed by atoms with Crippen molar-refractivity contribution in [3.63, 3.8) is 0 Å².